The van der Waals surface area contributed by atoms with Gasteiger partial charge in [0.1, 0.15) is 5.76 Å². The van der Waals surface area contributed by atoms with Gasteiger partial charge in [0.25, 0.3) is 0 Å². The highest BCUT2D eigenvalue weighted by Crippen LogP contribution is 2.09. The summed E-state index contributed by atoms with van der Waals surface area (Å²) in [6.07, 6.45) is 11.2. The molecule has 0 heterocycles. The van der Waals surface area contributed by atoms with Crippen LogP contribution in [0.15, 0.2) is 85.2 Å². The lowest BCUT2D eigenvalue weighted by molar-refractivity contribution is 0.307. The SMILES string of the molecule is C=C\C=C(/C=C(C=C)/C=C/c1ccccc1)OC. The zero-order valence-electron chi connectivity index (χ0n) is 10.7. The minimum absolute atomic E-state index is 0.748. The Balaban J connectivity index is 2.88. The number of benzene rings is 1. The molecule has 0 atom stereocenters. The molecular formula is C17H18O. The number of rotatable bonds is 6. The lowest BCUT2D eigenvalue weighted by atomic mass is 10.1. The van der Waals surface area contributed by atoms with Gasteiger partial charge in [0, 0.05) is 0 Å². The van der Waals surface area contributed by atoms with Crippen molar-refractivity contribution in [1.82, 2.24) is 0 Å². The average molecular weight is 238 g/mol. The molecule has 0 spiro atoms. The summed E-state index contributed by atoms with van der Waals surface area (Å²) in [7, 11) is 1.63. The third-order valence-corrected chi connectivity index (χ3v) is 2.33. The van der Waals surface area contributed by atoms with Crippen LogP contribution in [0.5, 0.6) is 0 Å². The molecule has 0 saturated heterocycles. The highest BCUT2D eigenvalue weighted by molar-refractivity contribution is 5.55. The van der Waals surface area contributed by atoms with Gasteiger partial charge >= 0.3 is 0 Å². The van der Waals surface area contributed by atoms with Gasteiger partial charge in [0.15, 0.2) is 0 Å². The van der Waals surface area contributed by atoms with Crippen LogP contribution in [0.25, 0.3) is 6.08 Å². The first-order chi connectivity index (χ1) is 8.80. The fourth-order valence-corrected chi connectivity index (χ4v) is 1.39. The zero-order valence-corrected chi connectivity index (χ0v) is 10.7. The van der Waals surface area contributed by atoms with Gasteiger partial charge in [-0.15, -0.1) is 0 Å². The smallest absolute Gasteiger partial charge is 0.119 e. The van der Waals surface area contributed by atoms with Gasteiger partial charge in [-0.05, 0) is 23.3 Å². The van der Waals surface area contributed by atoms with Crippen molar-refractivity contribution < 1.29 is 4.74 Å². The summed E-state index contributed by atoms with van der Waals surface area (Å²) in [5, 5.41) is 0. The molecule has 0 radical (unpaired) electrons. The maximum atomic E-state index is 5.21. The molecule has 0 aromatic heterocycles. The molecule has 0 unspecified atom stereocenters. The van der Waals surface area contributed by atoms with E-state index in [1.165, 1.54) is 0 Å². The molecule has 92 valence electrons. The van der Waals surface area contributed by atoms with Crippen LogP contribution in [0.1, 0.15) is 5.56 Å². The van der Waals surface area contributed by atoms with Crippen molar-refractivity contribution in [1.29, 1.82) is 0 Å². The molecule has 0 fully saturated rings. The van der Waals surface area contributed by atoms with Crippen LogP contribution in [0, 0.1) is 0 Å². The van der Waals surface area contributed by atoms with E-state index in [2.05, 4.69) is 13.2 Å². The van der Waals surface area contributed by atoms with Gasteiger partial charge in [0.2, 0.25) is 0 Å². The number of allylic oxidation sites excluding steroid dienone is 6. The third-order valence-electron chi connectivity index (χ3n) is 2.33. The molecule has 1 aromatic carbocycles. The summed E-state index contributed by atoms with van der Waals surface area (Å²) < 4.78 is 5.21. The van der Waals surface area contributed by atoms with Crippen LogP contribution in [-0.4, -0.2) is 7.11 Å². The molecule has 0 N–H and O–H groups in total. The van der Waals surface area contributed by atoms with Crippen molar-refractivity contribution in [2.75, 3.05) is 7.11 Å². The van der Waals surface area contributed by atoms with Gasteiger partial charge in [-0.2, -0.15) is 0 Å². The van der Waals surface area contributed by atoms with Crippen molar-refractivity contribution in [3.63, 3.8) is 0 Å². The van der Waals surface area contributed by atoms with Crippen LogP contribution in [-0.2, 0) is 4.74 Å². The van der Waals surface area contributed by atoms with E-state index < -0.39 is 0 Å². The van der Waals surface area contributed by atoms with E-state index in [9.17, 15) is 0 Å². The Morgan fingerprint density at radius 1 is 1.17 bits per heavy atom. The normalized spacial score (nSPS) is 12.5. The summed E-state index contributed by atoms with van der Waals surface area (Å²) >= 11 is 0. The molecule has 0 aliphatic carbocycles. The molecule has 0 aliphatic heterocycles. The summed E-state index contributed by atoms with van der Waals surface area (Å²) in [4.78, 5) is 0. The molecule has 0 bridgehead atoms. The van der Waals surface area contributed by atoms with Crippen LogP contribution in [0.3, 0.4) is 0 Å². The Morgan fingerprint density at radius 3 is 2.44 bits per heavy atom. The molecule has 1 heteroatoms. The fraction of sp³-hybridized carbons (Fsp3) is 0.0588. The van der Waals surface area contributed by atoms with Gasteiger partial charge < -0.3 is 4.74 Å². The topological polar surface area (TPSA) is 9.23 Å². The quantitative estimate of drug-likeness (QED) is 0.522. The second kappa shape index (κ2) is 7.91. The second-order valence-corrected chi connectivity index (χ2v) is 3.60. The molecule has 18 heavy (non-hydrogen) atoms. The molecule has 0 saturated carbocycles. The Labute approximate surface area is 109 Å². The molecule has 0 amide bonds. The van der Waals surface area contributed by atoms with Gasteiger partial charge in [-0.1, -0.05) is 67.8 Å². The zero-order chi connectivity index (χ0) is 13.2. The highest BCUT2D eigenvalue weighted by atomic mass is 16.5. The first-order valence-electron chi connectivity index (χ1n) is 5.74. The van der Waals surface area contributed by atoms with Crippen molar-refractivity contribution in [2.24, 2.45) is 0 Å². The summed E-state index contributed by atoms with van der Waals surface area (Å²) in [6, 6.07) is 10.1. The van der Waals surface area contributed by atoms with Crippen molar-refractivity contribution in [3.05, 3.63) is 90.8 Å². The van der Waals surface area contributed by atoms with Crippen LogP contribution in [0.2, 0.25) is 0 Å². The lowest BCUT2D eigenvalue weighted by Crippen LogP contribution is -1.83. The molecule has 1 aromatic rings. The standard InChI is InChI=1S/C17H18O/c1-4-9-17(18-3)14-15(5-2)12-13-16-10-7-6-8-11-16/h4-14H,1-2H2,3H3/b13-12+,15-14+,17-9+. The minimum Gasteiger partial charge on any atom is -0.497 e. The van der Waals surface area contributed by atoms with Crippen LogP contribution < -0.4 is 0 Å². The maximum Gasteiger partial charge on any atom is 0.119 e. The number of methoxy groups -OCH3 is 1. The Bertz CT molecular complexity index is 476. The molecule has 1 rings (SSSR count). The first kappa shape index (κ1) is 13.8. The second-order valence-electron chi connectivity index (χ2n) is 3.60. The van der Waals surface area contributed by atoms with E-state index in [-0.39, 0.29) is 0 Å². The fourth-order valence-electron chi connectivity index (χ4n) is 1.39. The monoisotopic (exact) mass is 238 g/mol. The van der Waals surface area contributed by atoms with Crippen molar-refractivity contribution in [3.8, 4) is 0 Å². The van der Waals surface area contributed by atoms with E-state index in [0.29, 0.717) is 0 Å². The summed E-state index contributed by atoms with van der Waals surface area (Å²) in [6.45, 7) is 7.44. The van der Waals surface area contributed by atoms with E-state index in [0.717, 1.165) is 16.9 Å². The Morgan fingerprint density at radius 2 is 1.89 bits per heavy atom. The van der Waals surface area contributed by atoms with E-state index in [1.807, 2.05) is 48.6 Å². The summed E-state index contributed by atoms with van der Waals surface area (Å²) in [5.41, 5.74) is 2.13. The number of hydrogen-bond acceptors (Lipinski definition) is 1. The van der Waals surface area contributed by atoms with Gasteiger partial charge in [-0.3, -0.25) is 0 Å². The average Bonchev–Trinajstić information content (AvgIpc) is 2.43. The van der Waals surface area contributed by atoms with Crippen LogP contribution in [0.4, 0.5) is 0 Å². The van der Waals surface area contributed by atoms with E-state index in [1.54, 1.807) is 25.3 Å². The largest absolute Gasteiger partial charge is 0.497 e. The first-order valence-corrected chi connectivity index (χ1v) is 5.74. The maximum absolute atomic E-state index is 5.21. The number of hydrogen-bond donors (Lipinski definition) is 0. The Hall–Kier alpha value is -2.28. The van der Waals surface area contributed by atoms with Crippen molar-refractivity contribution in [2.45, 2.75) is 0 Å². The third kappa shape index (κ3) is 4.71. The van der Waals surface area contributed by atoms with E-state index in [4.69, 9.17) is 4.74 Å². The number of ether oxygens (including phenoxy) is 1. The van der Waals surface area contributed by atoms with Gasteiger partial charge in [0.05, 0.1) is 7.11 Å². The van der Waals surface area contributed by atoms with Gasteiger partial charge in [-0.25, -0.2) is 0 Å². The highest BCUT2D eigenvalue weighted by Gasteiger charge is 1.91. The predicted octanol–water partition coefficient (Wildman–Crippen LogP) is 4.53. The molecule has 1 nitrogen and oxygen atoms in total. The van der Waals surface area contributed by atoms with Crippen molar-refractivity contribution >= 4 is 6.08 Å². The predicted molar refractivity (Wildman–Crippen MR) is 79.0 cm³/mol. The minimum atomic E-state index is 0.748. The molecule has 0 aliphatic rings. The van der Waals surface area contributed by atoms with E-state index >= 15 is 0 Å². The molecular weight excluding hydrogens is 220 g/mol. The Kier molecular flexibility index (Phi) is 6.05. The lowest BCUT2D eigenvalue weighted by Gasteiger charge is -2.00. The summed E-state index contributed by atoms with van der Waals surface area (Å²) in [5.74, 6) is 0.748. The van der Waals surface area contributed by atoms with Crippen LogP contribution >= 0.6 is 0 Å².